The van der Waals surface area contributed by atoms with Crippen molar-refractivity contribution in [1.29, 1.82) is 0 Å². The topological polar surface area (TPSA) is 98.0 Å². The fourth-order valence-corrected chi connectivity index (χ4v) is 2.96. The van der Waals surface area contributed by atoms with Crippen molar-refractivity contribution in [2.24, 2.45) is 0 Å². The second-order valence-electron chi connectivity index (χ2n) is 6.38. The molecule has 140 valence electrons. The molecular weight excluding hydrogens is 349 g/mol. The molecule has 0 radical (unpaired) electrons. The number of aromatic hydroxyl groups is 1. The van der Waals surface area contributed by atoms with E-state index in [-0.39, 0.29) is 35.6 Å². The van der Waals surface area contributed by atoms with Gasteiger partial charge in [0, 0.05) is 6.54 Å². The maximum absolute atomic E-state index is 13.2. The number of carbonyl (C=O) groups is 1. The zero-order valence-electron chi connectivity index (χ0n) is 14.8. The average Bonchev–Trinajstić information content (AvgIpc) is 2.97. The van der Waals surface area contributed by atoms with Crippen molar-refractivity contribution < 1.29 is 14.3 Å². The van der Waals surface area contributed by atoms with Crippen molar-refractivity contribution >= 4 is 5.91 Å². The third-order valence-corrected chi connectivity index (χ3v) is 4.37. The summed E-state index contributed by atoms with van der Waals surface area (Å²) < 4.78 is 13.2. The van der Waals surface area contributed by atoms with E-state index < -0.39 is 5.69 Å². The summed E-state index contributed by atoms with van der Waals surface area (Å²) in [6.45, 7) is 2.37. The number of rotatable bonds is 6. The van der Waals surface area contributed by atoms with Crippen LogP contribution in [0, 0.1) is 5.82 Å². The van der Waals surface area contributed by atoms with E-state index in [0.29, 0.717) is 6.54 Å². The van der Waals surface area contributed by atoms with Crippen LogP contribution < -0.4 is 11.0 Å². The smallest absolute Gasteiger partial charge is 0.325 e. The van der Waals surface area contributed by atoms with Crippen LogP contribution >= 0.6 is 0 Å². The molecule has 0 fully saturated rings. The normalized spacial score (nSPS) is 11.9. The van der Waals surface area contributed by atoms with Crippen molar-refractivity contribution in [3.63, 3.8) is 0 Å². The van der Waals surface area contributed by atoms with Gasteiger partial charge in [-0.15, -0.1) is 0 Å². The molecule has 0 aliphatic rings. The molecule has 4 N–H and O–H groups in total. The first-order chi connectivity index (χ1) is 12.9. The number of aromatic amines is 2. The van der Waals surface area contributed by atoms with Gasteiger partial charge in [0.05, 0.1) is 12.1 Å². The van der Waals surface area contributed by atoms with Gasteiger partial charge in [-0.25, -0.2) is 9.18 Å². The highest BCUT2D eigenvalue weighted by molar-refractivity contribution is 5.78. The molecule has 27 heavy (non-hydrogen) atoms. The fourth-order valence-electron chi connectivity index (χ4n) is 2.96. The summed E-state index contributed by atoms with van der Waals surface area (Å²) in [7, 11) is 0. The molecule has 1 amide bonds. The van der Waals surface area contributed by atoms with Gasteiger partial charge >= 0.3 is 5.69 Å². The first-order valence-corrected chi connectivity index (χ1v) is 8.55. The molecule has 0 bridgehead atoms. The quantitative estimate of drug-likeness (QED) is 0.538. The van der Waals surface area contributed by atoms with E-state index in [9.17, 15) is 19.1 Å². The Kier molecular flexibility index (Phi) is 5.40. The number of halogens is 1. The minimum absolute atomic E-state index is 0.00840. The Morgan fingerprint density at radius 2 is 1.85 bits per heavy atom. The SMILES string of the molecule is CC(CNC(=O)Cc1[nH]c(=O)[nH]c1O)c1ccccc1-c1ccc(F)cc1. The van der Waals surface area contributed by atoms with E-state index in [1.165, 1.54) is 12.1 Å². The zero-order valence-corrected chi connectivity index (χ0v) is 14.8. The van der Waals surface area contributed by atoms with E-state index in [1.54, 1.807) is 12.1 Å². The van der Waals surface area contributed by atoms with Gasteiger partial charge in [-0.1, -0.05) is 43.3 Å². The maximum atomic E-state index is 13.2. The van der Waals surface area contributed by atoms with E-state index in [2.05, 4.69) is 15.3 Å². The van der Waals surface area contributed by atoms with Crippen LogP contribution in [-0.4, -0.2) is 27.5 Å². The molecule has 0 saturated heterocycles. The average molecular weight is 369 g/mol. The molecule has 0 aliphatic carbocycles. The van der Waals surface area contributed by atoms with Gasteiger partial charge in [-0.05, 0) is 34.7 Å². The van der Waals surface area contributed by atoms with Crippen LogP contribution in [0.15, 0.2) is 53.3 Å². The Bertz CT molecular complexity index is 992. The molecule has 0 spiro atoms. The van der Waals surface area contributed by atoms with Crippen LogP contribution in [-0.2, 0) is 11.2 Å². The van der Waals surface area contributed by atoms with Crippen LogP contribution in [0.1, 0.15) is 24.1 Å². The lowest BCUT2D eigenvalue weighted by molar-refractivity contribution is -0.120. The second-order valence-corrected chi connectivity index (χ2v) is 6.38. The van der Waals surface area contributed by atoms with E-state index in [1.807, 2.05) is 31.2 Å². The van der Waals surface area contributed by atoms with E-state index >= 15 is 0 Å². The highest BCUT2D eigenvalue weighted by Gasteiger charge is 2.15. The minimum atomic E-state index is -0.558. The Balaban J connectivity index is 1.68. The molecule has 0 aliphatic heterocycles. The largest absolute Gasteiger partial charge is 0.493 e. The van der Waals surface area contributed by atoms with Gasteiger partial charge in [0.1, 0.15) is 5.82 Å². The maximum Gasteiger partial charge on any atom is 0.325 e. The highest BCUT2D eigenvalue weighted by Crippen LogP contribution is 2.29. The third kappa shape index (κ3) is 4.44. The Hall–Kier alpha value is -3.35. The summed E-state index contributed by atoms with van der Waals surface area (Å²) in [6.07, 6.45) is -0.128. The summed E-state index contributed by atoms with van der Waals surface area (Å²) in [5.41, 5.74) is 2.50. The second kappa shape index (κ2) is 7.90. The zero-order chi connectivity index (χ0) is 19.4. The molecule has 0 saturated carbocycles. The Morgan fingerprint density at radius 1 is 1.15 bits per heavy atom. The Labute approximate surface area is 155 Å². The number of benzene rings is 2. The van der Waals surface area contributed by atoms with Crippen LogP contribution in [0.25, 0.3) is 11.1 Å². The molecule has 7 heteroatoms. The summed E-state index contributed by atoms with van der Waals surface area (Å²) in [5.74, 6) is -0.923. The van der Waals surface area contributed by atoms with Gasteiger partial charge < -0.3 is 15.4 Å². The number of amides is 1. The third-order valence-electron chi connectivity index (χ3n) is 4.37. The summed E-state index contributed by atoms with van der Waals surface area (Å²) in [6, 6.07) is 14.1. The molecule has 2 aromatic carbocycles. The van der Waals surface area contributed by atoms with Crippen LogP contribution in [0.3, 0.4) is 0 Å². The van der Waals surface area contributed by atoms with E-state index in [0.717, 1.165) is 16.7 Å². The number of carbonyl (C=O) groups excluding carboxylic acids is 1. The molecular formula is C20H20FN3O3. The van der Waals surface area contributed by atoms with Crippen LogP contribution in [0.2, 0.25) is 0 Å². The predicted octanol–water partition coefficient (Wildman–Crippen LogP) is 2.68. The minimum Gasteiger partial charge on any atom is -0.493 e. The number of hydrogen-bond acceptors (Lipinski definition) is 3. The first kappa shape index (κ1) is 18.4. The van der Waals surface area contributed by atoms with Gasteiger partial charge in [-0.2, -0.15) is 0 Å². The van der Waals surface area contributed by atoms with Crippen molar-refractivity contribution in [2.45, 2.75) is 19.3 Å². The molecule has 1 unspecified atom stereocenters. The monoisotopic (exact) mass is 369 g/mol. The van der Waals surface area contributed by atoms with Gasteiger partial charge in [0.25, 0.3) is 0 Å². The van der Waals surface area contributed by atoms with Crippen molar-refractivity contribution in [2.75, 3.05) is 6.54 Å². The highest BCUT2D eigenvalue weighted by atomic mass is 19.1. The van der Waals surface area contributed by atoms with Crippen molar-refractivity contribution in [1.82, 2.24) is 15.3 Å². The van der Waals surface area contributed by atoms with Gasteiger partial charge in [0.2, 0.25) is 11.8 Å². The first-order valence-electron chi connectivity index (χ1n) is 8.55. The van der Waals surface area contributed by atoms with Crippen LogP contribution in [0.4, 0.5) is 4.39 Å². The summed E-state index contributed by atoms with van der Waals surface area (Å²) in [4.78, 5) is 27.8. The molecule has 6 nitrogen and oxygen atoms in total. The standard InChI is InChI=1S/C20H20FN3O3/c1-12(11-22-18(25)10-17-19(26)24-20(27)23-17)15-4-2-3-5-16(15)13-6-8-14(21)9-7-13/h2-9,12,26H,10-11H2,1H3,(H,22,25)(H2,23,24,27). The van der Waals surface area contributed by atoms with Gasteiger partial charge in [-0.3, -0.25) is 9.78 Å². The lowest BCUT2D eigenvalue weighted by Crippen LogP contribution is -2.29. The molecule has 1 heterocycles. The van der Waals surface area contributed by atoms with Crippen LogP contribution in [0.5, 0.6) is 5.88 Å². The molecule has 1 atom stereocenters. The van der Waals surface area contributed by atoms with Crippen molar-refractivity contribution in [3.05, 3.63) is 76.1 Å². The summed E-state index contributed by atoms with van der Waals surface area (Å²) >= 11 is 0. The Morgan fingerprint density at radius 3 is 2.52 bits per heavy atom. The number of hydrogen-bond donors (Lipinski definition) is 4. The number of imidazole rings is 1. The molecule has 3 rings (SSSR count). The molecule has 3 aromatic rings. The number of aromatic nitrogens is 2. The number of nitrogens with one attached hydrogen (secondary N) is 3. The van der Waals surface area contributed by atoms with Crippen molar-refractivity contribution in [3.8, 4) is 17.0 Å². The van der Waals surface area contributed by atoms with Gasteiger partial charge in [0.15, 0.2) is 0 Å². The predicted molar refractivity (Wildman–Crippen MR) is 100 cm³/mol. The number of H-pyrrole nitrogens is 2. The lowest BCUT2D eigenvalue weighted by Gasteiger charge is -2.17. The lowest BCUT2D eigenvalue weighted by atomic mass is 9.91. The molecule has 1 aromatic heterocycles. The van der Waals surface area contributed by atoms with E-state index in [4.69, 9.17) is 0 Å². The fraction of sp³-hybridized carbons (Fsp3) is 0.200. The summed E-state index contributed by atoms with van der Waals surface area (Å²) in [5, 5.41) is 12.3.